The van der Waals surface area contributed by atoms with Gasteiger partial charge in [0.1, 0.15) is 17.4 Å². The number of aromatic hydroxyl groups is 1. The highest BCUT2D eigenvalue weighted by Crippen LogP contribution is 2.48. The summed E-state index contributed by atoms with van der Waals surface area (Å²) in [5, 5.41) is 15.8. The van der Waals surface area contributed by atoms with Crippen LogP contribution in [0.1, 0.15) is 71.1 Å². The molecule has 1 fully saturated rings. The van der Waals surface area contributed by atoms with Crippen molar-refractivity contribution in [2.75, 3.05) is 19.7 Å². The molecule has 1 unspecified atom stereocenters. The average Bonchev–Trinajstić information content (AvgIpc) is 3.16. The van der Waals surface area contributed by atoms with Crippen molar-refractivity contribution in [1.29, 1.82) is 0 Å². The molecule has 2 heterocycles. The van der Waals surface area contributed by atoms with Crippen molar-refractivity contribution in [3.8, 4) is 5.75 Å². The molecule has 1 saturated heterocycles. The fraction of sp³-hybridized carbons (Fsp3) is 0.341. The third-order valence-corrected chi connectivity index (χ3v) is 10.3. The van der Waals surface area contributed by atoms with Gasteiger partial charge in [-0.3, -0.25) is 19.2 Å². The number of carbonyl (C=O) groups is 4. The number of hydrogen-bond acceptors (Lipinski definition) is 7. The van der Waals surface area contributed by atoms with Crippen LogP contribution in [0.3, 0.4) is 0 Å². The second-order valence-electron chi connectivity index (χ2n) is 13.5. The lowest BCUT2D eigenvalue weighted by atomic mass is 9.62. The number of ether oxygens (including phenoxy) is 1. The number of esters is 1. The zero-order chi connectivity index (χ0) is 36.8. The summed E-state index contributed by atoms with van der Waals surface area (Å²) in [7, 11) is 1.60. The molecule has 0 spiro atoms. The van der Waals surface area contributed by atoms with Crippen molar-refractivity contribution in [1.82, 2.24) is 20.1 Å². The Kier molecular flexibility index (Phi) is 12.5. The van der Waals surface area contributed by atoms with E-state index in [1.807, 2.05) is 59.5 Å². The molecular formula is C41H46N4O7S. The van der Waals surface area contributed by atoms with Gasteiger partial charge in [0, 0.05) is 38.8 Å². The molecule has 11 nitrogen and oxygen atoms in total. The van der Waals surface area contributed by atoms with Gasteiger partial charge in [0.05, 0.1) is 17.9 Å². The molecule has 12 heteroatoms. The smallest absolute Gasteiger partial charge is 0.328 e. The van der Waals surface area contributed by atoms with E-state index in [-0.39, 0.29) is 61.3 Å². The lowest BCUT2D eigenvalue weighted by Crippen LogP contribution is -2.54. The number of phenols is 1. The highest BCUT2D eigenvalue weighted by Gasteiger charge is 2.49. The molecule has 3 aromatic carbocycles. The Hall–Kier alpha value is -5.36. The summed E-state index contributed by atoms with van der Waals surface area (Å²) in [6.07, 6.45) is 3.58. The van der Waals surface area contributed by atoms with Crippen molar-refractivity contribution in [3.63, 3.8) is 0 Å². The molecule has 53 heavy (non-hydrogen) atoms. The van der Waals surface area contributed by atoms with Crippen LogP contribution in [0.25, 0.3) is 0 Å². The molecule has 3 atom stereocenters. The first-order valence-corrected chi connectivity index (χ1v) is 17.8. The number of piperidine rings is 1. The molecule has 6 rings (SSSR count). The molecule has 0 saturated carbocycles. The predicted octanol–water partition coefficient (Wildman–Crippen LogP) is 4.08. The summed E-state index contributed by atoms with van der Waals surface area (Å²) in [6.45, 7) is 2.74. The van der Waals surface area contributed by atoms with Crippen LogP contribution in [0.2, 0.25) is 0 Å². The van der Waals surface area contributed by atoms with Crippen molar-refractivity contribution < 1.29 is 29.0 Å². The highest BCUT2D eigenvalue weighted by atomic mass is 32.1. The number of nitrogens with one attached hydrogen (secondary N) is 2. The Bertz CT molecular complexity index is 1990. The molecular weight excluding hydrogens is 693 g/mol. The van der Waals surface area contributed by atoms with Crippen molar-refractivity contribution in [2.45, 2.75) is 62.4 Å². The van der Waals surface area contributed by atoms with E-state index in [0.717, 1.165) is 16.7 Å². The van der Waals surface area contributed by atoms with Crippen molar-refractivity contribution >= 4 is 37.2 Å². The van der Waals surface area contributed by atoms with E-state index in [9.17, 15) is 29.1 Å². The maximum atomic E-state index is 14.8. The van der Waals surface area contributed by atoms with E-state index in [1.165, 1.54) is 22.8 Å². The van der Waals surface area contributed by atoms with Crippen LogP contribution >= 0.6 is 13.5 Å². The third kappa shape index (κ3) is 8.17. The standard InChI is InChI=1S/C41H44N4O7.H2S/c1-3-52-39(50)35(26-27-15-17-30(46)18-16-27)43-40(51)41(28-10-5-4-6-11-28)22-19-32(31-12-7-8-14-34(31)41)38(49)45-24-20-29(21-25-45)42-36(47)33-13-9-23-44(2)37(33)48;/h4-18,23,29,32,35,46H,3,19-22,24-26H2,1-2H3,(H,42,47)(H,43,51);1H2/t32-,35?,41+;/m0./s1. The van der Waals surface area contributed by atoms with E-state index >= 15 is 0 Å². The van der Waals surface area contributed by atoms with E-state index in [1.54, 1.807) is 38.4 Å². The third-order valence-electron chi connectivity index (χ3n) is 10.3. The number of benzene rings is 3. The first-order chi connectivity index (χ1) is 25.1. The fourth-order valence-corrected chi connectivity index (χ4v) is 7.57. The van der Waals surface area contributed by atoms with Crippen LogP contribution in [0.5, 0.6) is 5.75 Å². The van der Waals surface area contributed by atoms with Gasteiger partial charge in [-0.1, -0.05) is 66.7 Å². The number of pyridine rings is 1. The molecule has 0 bridgehead atoms. The number of aromatic nitrogens is 1. The lowest BCUT2D eigenvalue weighted by molar-refractivity contribution is -0.148. The minimum Gasteiger partial charge on any atom is -0.508 e. The van der Waals surface area contributed by atoms with E-state index < -0.39 is 29.3 Å². The monoisotopic (exact) mass is 738 g/mol. The Morgan fingerprint density at radius 2 is 1.58 bits per heavy atom. The van der Waals surface area contributed by atoms with Gasteiger partial charge in [0.15, 0.2) is 0 Å². The highest BCUT2D eigenvalue weighted by molar-refractivity contribution is 7.59. The van der Waals surface area contributed by atoms with E-state index in [4.69, 9.17) is 4.74 Å². The van der Waals surface area contributed by atoms with Crippen molar-refractivity contribution in [2.24, 2.45) is 7.05 Å². The Labute approximate surface area is 315 Å². The SMILES string of the molecule is CCOC(=O)C(Cc1ccc(O)cc1)NC(=O)[C@@]1(c2ccccc2)CC[C@H](C(=O)N2CCC(NC(=O)c3cccn(C)c3=O)CC2)c2ccccc21.S. The van der Waals surface area contributed by atoms with Crippen LogP contribution in [0.4, 0.5) is 0 Å². The fourth-order valence-electron chi connectivity index (χ4n) is 7.57. The van der Waals surface area contributed by atoms with Crippen molar-refractivity contribution in [3.05, 3.63) is 135 Å². The number of aryl methyl sites for hydroxylation is 1. The minimum atomic E-state index is -1.19. The number of phenolic OH excluding ortho intramolecular Hbond substituents is 1. The van der Waals surface area contributed by atoms with Gasteiger partial charge in [-0.15, -0.1) is 0 Å². The zero-order valence-electron chi connectivity index (χ0n) is 29.9. The molecule has 1 aliphatic heterocycles. The number of nitrogens with zero attached hydrogens (tertiary/aromatic N) is 2. The van der Waals surface area contributed by atoms with Gasteiger partial charge in [0.2, 0.25) is 11.8 Å². The molecule has 1 aliphatic carbocycles. The van der Waals surface area contributed by atoms with E-state index in [2.05, 4.69) is 10.6 Å². The van der Waals surface area contributed by atoms with Crippen LogP contribution in [0.15, 0.2) is 102 Å². The largest absolute Gasteiger partial charge is 0.508 e. The predicted molar refractivity (Wildman–Crippen MR) is 205 cm³/mol. The maximum Gasteiger partial charge on any atom is 0.328 e. The molecule has 4 aromatic rings. The van der Waals surface area contributed by atoms with Crippen LogP contribution in [-0.2, 0) is 38.0 Å². The second kappa shape index (κ2) is 17.0. The maximum absolute atomic E-state index is 14.8. The Balaban J connectivity index is 0.00000541. The number of carbonyl (C=O) groups excluding carboxylic acids is 4. The second-order valence-corrected chi connectivity index (χ2v) is 13.5. The summed E-state index contributed by atoms with van der Waals surface area (Å²) in [5.74, 6) is -1.77. The number of hydrogen-bond donors (Lipinski definition) is 3. The number of likely N-dealkylation sites (tertiary alicyclic amines) is 1. The van der Waals surface area contributed by atoms with Gasteiger partial charge < -0.3 is 29.9 Å². The first kappa shape index (κ1) is 38.9. The molecule has 2 aliphatic rings. The first-order valence-electron chi connectivity index (χ1n) is 17.8. The summed E-state index contributed by atoms with van der Waals surface area (Å²) >= 11 is 0. The normalized spacial score (nSPS) is 18.8. The molecule has 3 amide bonds. The van der Waals surface area contributed by atoms with Crippen LogP contribution < -0.4 is 16.2 Å². The Morgan fingerprint density at radius 1 is 0.906 bits per heavy atom. The van der Waals surface area contributed by atoms with Gasteiger partial charge in [-0.2, -0.15) is 13.5 Å². The molecule has 1 aromatic heterocycles. The molecule has 278 valence electrons. The Morgan fingerprint density at radius 3 is 2.28 bits per heavy atom. The topological polar surface area (TPSA) is 147 Å². The van der Waals surface area contributed by atoms with Gasteiger partial charge >= 0.3 is 5.97 Å². The van der Waals surface area contributed by atoms with E-state index in [0.29, 0.717) is 44.3 Å². The summed E-state index contributed by atoms with van der Waals surface area (Å²) in [6, 6.07) is 25.5. The van der Waals surface area contributed by atoms with Crippen LogP contribution in [-0.4, -0.2) is 70.0 Å². The average molecular weight is 739 g/mol. The quantitative estimate of drug-likeness (QED) is 0.208. The number of amides is 3. The number of rotatable bonds is 10. The summed E-state index contributed by atoms with van der Waals surface area (Å²) in [4.78, 5) is 69.4. The van der Waals surface area contributed by atoms with Gasteiger partial charge in [-0.05, 0) is 79.1 Å². The zero-order valence-corrected chi connectivity index (χ0v) is 30.9. The lowest BCUT2D eigenvalue weighted by Gasteiger charge is -2.43. The summed E-state index contributed by atoms with van der Waals surface area (Å²) < 4.78 is 6.75. The van der Waals surface area contributed by atoms with Crippen LogP contribution in [0, 0.1) is 0 Å². The molecule has 0 radical (unpaired) electrons. The summed E-state index contributed by atoms with van der Waals surface area (Å²) in [5.41, 5.74) is 1.50. The van der Waals surface area contributed by atoms with Gasteiger partial charge in [0.25, 0.3) is 11.5 Å². The minimum absolute atomic E-state index is 0. The van der Waals surface area contributed by atoms with Gasteiger partial charge in [-0.25, -0.2) is 4.79 Å². The number of fused-ring (bicyclic) bond motifs is 1. The molecule has 3 N–H and O–H groups in total.